The molecule has 200 valence electrons. The van der Waals surface area contributed by atoms with E-state index in [9.17, 15) is 9.59 Å². The number of aromatic nitrogens is 6. The first-order valence-electron chi connectivity index (χ1n) is 13.0. The molecule has 5 heterocycles. The topological polar surface area (TPSA) is 126 Å². The number of carbonyl (C=O) groups excluding carboxylic acids is 2. The largest absolute Gasteiger partial charge is 0.441 e. The summed E-state index contributed by atoms with van der Waals surface area (Å²) < 4.78 is 6.00. The Kier molecular flexibility index (Phi) is 6.61. The van der Waals surface area contributed by atoms with Crippen molar-refractivity contribution in [3.63, 3.8) is 0 Å². The van der Waals surface area contributed by atoms with E-state index in [0.29, 0.717) is 68.7 Å². The van der Waals surface area contributed by atoms with Gasteiger partial charge in [0.2, 0.25) is 11.8 Å². The van der Waals surface area contributed by atoms with Crippen LogP contribution >= 0.6 is 0 Å². The predicted molar refractivity (Wildman–Crippen MR) is 139 cm³/mol. The third-order valence-corrected chi connectivity index (χ3v) is 7.25. The summed E-state index contributed by atoms with van der Waals surface area (Å²) in [6, 6.07) is 13.5. The van der Waals surface area contributed by atoms with Gasteiger partial charge in [-0.3, -0.25) is 19.5 Å². The Morgan fingerprint density at radius 2 is 1.79 bits per heavy atom. The number of fused-ring (bicyclic) bond motifs is 1. The molecule has 2 amide bonds. The molecule has 0 radical (unpaired) electrons. The van der Waals surface area contributed by atoms with Crippen molar-refractivity contribution in [3.05, 3.63) is 77.2 Å². The summed E-state index contributed by atoms with van der Waals surface area (Å²) in [6.07, 6.45) is 2.23. The maximum Gasteiger partial charge on any atom is 0.272 e. The van der Waals surface area contributed by atoms with Gasteiger partial charge in [-0.15, -0.1) is 10.2 Å². The minimum absolute atomic E-state index is 0.0186. The maximum atomic E-state index is 13.4. The summed E-state index contributed by atoms with van der Waals surface area (Å²) in [5, 5.41) is 12.8. The molecule has 6 rings (SSSR count). The average Bonchev–Trinajstić information content (AvgIpc) is 3.59. The molecule has 1 saturated heterocycles. The highest BCUT2D eigenvalue weighted by atomic mass is 16.4. The summed E-state index contributed by atoms with van der Waals surface area (Å²) in [6.45, 7) is 5.00. The van der Waals surface area contributed by atoms with Gasteiger partial charge in [0.25, 0.3) is 5.91 Å². The molecule has 4 aromatic rings. The van der Waals surface area contributed by atoms with Gasteiger partial charge in [-0.2, -0.15) is 4.80 Å². The van der Waals surface area contributed by atoms with Gasteiger partial charge >= 0.3 is 0 Å². The molecule has 12 heteroatoms. The number of carbonyl (C=O) groups is 2. The van der Waals surface area contributed by atoms with E-state index in [0.717, 1.165) is 17.0 Å². The van der Waals surface area contributed by atoms with Crippen LogP contribution < -0.4 is 0 Å². The van der Waals surface area contributed by atoms with Gasteiger partial charge in [0.1, 0.15) is 17.1 Å². The fraction of sp³-hybridized carbons (Fsp3) is 0.370. The molecule has 1 fully saturated rings. The molecule has 1 aromatic carbocycles. The van der Waals surface area contributed by atoms with Crippen molar-refractivity contribution in [2.75, 3.05) is 32.7 Å². The normalized spacial score (nSPS) is 16.7. The van der Waals surface area contributed by atoms with Gasteiger partial charge < -0.3 is 14.2 Å². The second-order valence-corrected chi connectivity index (χ2v) is 9.79. The van der Waals surface area contributed by atoms with Crippen molar-refractivity contribution in [2.45, 2.75) is 25.9 Å². The number of nitrogens with zero attached hydrogens (tertiary/aromatic N) is 9. The lowest BCUT2D eigenvalue weighted by Gasteiger charge is -2.38. The van der Waals surface area contributed by atoms with Crippen LogP contribution in [0.4, 0.5) is 0 Å². The smallest absolute Gasteiger partial charge is 0.272 e. The zero-order valence-corrected chi connectivity index (χ0v) is 21.9. The molecule has 1 unspecified atom stereocenters. The van der Waals surface area contributed by atoms with Gasteiger partial charge in [-0.05, 0) is 22.9 Å². The molecule has 39 heavy (non-hydrogen) atoms. The summed E-state index contributed by atoms with van der Waals surface area (Å²) >= 11 is 0. The number of benzene rings is 1. The molecule has 1 atom stereocenters. The Balaban J connectivity index is 1.16. The van der Waals surface area contributed by atoms with Crippen LogP contribution in [-0.4, -0.2) is 89.4 Å². The van der Waals surface area contributed by atoms with Crippen LogP contribution in [0.3, 0.4) is 0 Å². The lowest BCUT2D eigenvalue weighted by molar-refractivity contribution is -0.129. The lowest BCUT2D eigenvalue weighted by Crippen LogP contribution is -2.50. The van der Waals surface area contributed by atoms with Crippen molar-refractivity contribution >= 4 is 11.8 Å². The molecule has 0 saturated carbocycles. The molecule has 0 bridgehead atoms. The molecular weight excluding hydrogens is 498 g/mol. The van der Waals surface area contributed by atoms with Crippen molar-refractivity contribution < 1.29 is 14.0 Å². The van der Waals surface area contributed by atoms with Gasteiger partial charge in [-0.25, -0.2) is 4.98 Å². The first-order chi connectivity index (χ1) is 19.0. The first kappa shape index (κ1) is 24.9. The van der Waals surface area contributed by atoms with Crippen molar-refractivity contribution in [3.8, 4) is 11.5 Å². The Labute approximate surface area is 225 Å². The van der Waals surface area contributed by atoms with Gasteiger partial charge in [0, 0.05) is 57.8 Å². The molecule has 0 spiro atoms. The van der Waals surface area contributed by atoms with E-state index in [4.69, 9.17) is 4.42 Å². The lowest BCUT2D eigenvalue weighted by atomic mass is 10.0. The molecule has 0 aliphatic carbocycles. The number of aryl methyl sites for hydroxylation is 1. The standard InChI is InChI=1S/C27H29N9O3/c1-18(37)36-11-9-23-22(17-36)29-26(39-23)20-8-10-28-21(16-20)27(38)35-14-12-34(13-15-35)24(19-6-4-3-5-7-19)25-30-32-33(2)31-25/h3-8,10,16,24H,9,11-15,17H2,1-2H3. The highest BCUT2D eigenvalue weighted by Gasteiger charge is 2.32. The molecular formula is C27H29N9O3. The van der Waals surface area contributed by atoms with Gasteiger partial charge in [-0.1, -0.05) is 30.3 Å². The SMILES string of the molecule is CC(=O)N1CCc2oc(-c3ccnc(C(=O)N4CCN(C(c5ccccc5)c5nnn(C)n5)CC4)c3)nc2C1. The van der Waals surface area contributed by atoms with Gasteiger partial charge in [0.15, 0.2) is 5.82 Å². The zero-order chi connectivity index (χ0) is 26.9. The van der Waals surface area contributed by atoms with Crippen LogP contribution in [-0.2, 0) is 24.8 Å². The third kappa shape index (κ3) is 5.02. The molecule has 12 nitrogen and oxygen atoms in total. The fourth-order valence-corrected chi connectivity index (χ4v) is 5.18. The van der Waals surface area contributed by atoms with Crippen LogP contribution in [0.15, 0.2) is 53.1 Å². The van der Waals surface area contributed by atoms with E-state index in [1.807, 2.05) is 23.1 Å². The number of rotatable bonds is 5. The number of hydrogen-bond donors (Lipinski definition) is 0. The summed E-state index contributed by atoms with van der Waals surface area (Å²) in [5.41, 5.74) is 2.88. The average molecular weight is 528 g/mol. The summed E-state index contributed by atoms with van der Waals surface area (Å²) in [4.78, 5) is 41.5. The number of tetrazole rings is 1. The van der Waals surface area contributed by atoms with Crippen LogP contribution in [0.25, 0.3) is 11.5 Å². The second kappa shape index (κ2) is 10.4. The summed E-state index contributed by atoms with van der Waals surface area (Å²) in [5.74, 6) is 1.75. The number of amides is 2. The van der Waals surface area contributed by atoms with E-state index in [-0.39, 0.29) is 17.9 Å². The number of piperazine rings is 1. The fourth-order valence-electron chi connectivity index (χ4n) is 5.18. The van der Waals surface area contributed by atoms with Crippen molar-refractivity contribution in [1.29, 1.82) is 0 Å². The third-order valence-electron chi connectivity index (χ3n) is 7.25. The van der Waals surface area contributed by atoms with Crippen LogP contribution in [0.2, 0.25) is 0 Å². The molecule has 0 N–H and O–H groups in total. The molecule has 2 aliphatic rings. The van der Waals surface area contributed by atoms with E-state index in [2.05, 4.69) is 42.4 Å². The minimum Gasteiger partial charge on any atom is -0.441 e. The highest BCUT2D eigenvalue weighted by molar-refractivity contribution is 5.93. The van der Waals surface area contributed by atoms with E-state index < -0.39 is 0 Å². The number of hydrogen-bond acceptors (Lipinski definition) is 9. The van der Waals surface area contributed by atoms with Crippen molar-refractivity contribution in [1.82, 2.24) is 44.9 Å². The van der Waals surface area contributed by atoms with Crippen molar-refractivity contribution in [2.24, 2.45) is 7.05 Å². The van der Waals surface area contributed by atoms with Crippen LogP contribution in [0.5, 0.6) is 0 Å². The van der Waals surface area contributed by atoms with Crippen LogP contribution in [0.1, 0.15) is 46.3 Å². The Morgan fingerprint density at radius 1 is 1.00 bits per heavy atom. The Bertz CT molecular complexity index is 1490. The Morgan fingerprint density at radius 3 is 2.51 bits per heavy atom. The monoisotopic (exact) mass is 527 g/mol. The number of oxazole rings is 1. The highest BCUT2D eigenvalue weighted by Crippen LogP contribution is 2.29. The molecule has 3 aromatic heterocycles. The van der Waals surface area contributed by atoms with Gasteiger partial charge in [0.05, 0.1) is 19.6 Å². The number of pyridine rings is 1. The van der Waals surface area contributed by atoms with Crippen LogP contribution in [0, 0.1) is 0 Å². The zero-order valence-electron chi connectivity index (χ0n) is 21.9. The van der Waals surface area contributed by atoms with E-state index in [1.54, 1.807) is 37.2 Å². The maximum absolute atomic E-state index is 13.4. The minimum atomic E-state index is -0.145. The first-order valence-corrected chi connectivity index (χ1v) is 13.0. The molecule has 2 aliphatic heterocycles. The van der Waals surface area contributed by atoms with E-state index in [1.165, 1.54) is 4.80 Å². The predicted octanol–water partition coefficient (Wildman–Crippen LogP) is 1.71. The summed E-state index contributed by atoms with van der Waals surface area (Å²) in [7, 11) is 1.75. The second-order valence-electron chi connectivity index (χ2n) is 9.79. The Hall–Kier alpha value is -4.45. The quantitative estimate of drug-likeness (QED) is 0.381. The van der Waals surface area contributed by atoms with E-state index >= 15 is 0 Å².